The third kappa shape index (κ3) is 3.68. The van der Waals surface area contributed by atoms with Gasteiger partial charge in [-0.1, -0.05) is 18.2 Å². The van der Waals surface area contributed by atoms with E-state index in [1.165, 1.54) is 4.31 Å². The Morgan fingerprint density at radius 3 is 2.54 bits per heavy atom. The predicted molar refractivity (Wildman–Crippen MR) is 99.8 cm³/mol. The number of carbonyl (C=O) groups is 1. The molecule has 0 bridgehead atoms. The summed E-state index contributed by atoms with van der Waals surface area (Å²) in [5.41, 5.74) is 1.19. The van der Waals surface area contributed by atoms with Crippen LogP contribution in [0.25, 0.3) is 0 Å². The lowest BCUT2D eigenvalue weighted by molar-refractivity contribution is 0.0730. The molecule has 2 aromatic carbocycles. The molecule has 0 unspecified atom stereocenters. The highest BCUT2D eigenvalue weighted by molar-refractivity contribution is 7.89. The Morgan fingerprint density at radius 1 is 1.04 bits per heavy atom. The zero-order valence-corrected chi connectivity index (χ0v) is 15.9. The fourth-order valence-electron chi connectivity index (χ4n) is 3.10. The maximum atomic E-state index is 12.6. The molecular weight excluding hydrogens is 384 g/mol. The van der Waals surface area contributed by atoms with Crippen molar-refractivity contribution in [2.45, 2.75) is 11.4 Å². The van der Waals surface area contributed by atoms with Gasteiger partial charge in [0.05, 0.1) is 23.7 Å². The number of benzene rings is 2. The van der Waals surface area contributed by atoms with E-state index < -0.39 is 10.0 Å². The van der Waals surface area contributed by atoms with E-state index in [0.717, 1.165) is 5.56 Å². The number of carbonyl (C=O) groups excluding carboxylic acids is 1. The highest BCUT2D eigenvalue weighted by atomic mass is 32.2. The van der Waals surface area contributed by atoms with Crippen LogP contribution < -0.4 is 14.8 Å². The lowest BCUT2D eigenvalue weighted by atomic mass is 10.1. The fourth-order valence-corrected chi connectivity index (χ4v) is 4.51. The number of fused-ring (bicyclic) bond motifs is 1. The van der Waals surface area contributed by atoms with Crippen LogP contribution in [0.15, 0.2) is 47.4 Å². The lowest BCUT2D eigenvalue weighted by Gasteiger charge is -2.26. The number of hydrogen-bond acceptors (Lipinski definition) is 6. The Hall–Kier alpha value is -2.62. The Morgan fingerprint density at radius 2 is 1.79 bits per heavy atom. The van der Waals surface area contributed by atoms with Crippen LogP contribution in [0.2, 0.25) is 0 Å². The Balaban J connectivity index is 1.41. The molecule has 1 fully saturated rings. The van der Waals surface area contributed by atoms with E-state index >= 15 is 0 Å². The van der Waals surface area contributed by atoms with Gasteiger partial charge in [0.25, 0.3) is 5.91 Å². The summed E-state index contributed by atoms with van der Waals surface area (Å²) < 4.78 is 42.5. The first-order valence-corrected chi connectivity index (χ1v) is 10.3. The maximum Gasteiger partial charge on any atom is 0.255 e. The Labute approximate surface area is 163 Å². The highest BCUT2D eigenvalue weighted by Gasteiger charge is 2.26. The van der Waals surface area contributed by atoms with Crippen molar-refractivity contribution in [3.8, 4) is 11.5 Å². The second-order valence-corrected chi connectivity index (χ2v) is 8.32. The van der Waals surface area contributed by atoms with Crippen molar-refractivity contribution in [2.24, 2.45) is 0 Å². The van der Waals surface area contributed by atoms with Crippen LogP contribution in [0.4, 0.5) is 0 Å². The van der Waals surface area contributed by atoms with Crippen molar-refractivity contribution in [3.63, 3.8) is 0 Å². The van der Waals surface area contributed by atoms with Crippen LogP contribution in [-0.4, -0.2) is 51.7 Å². The summed E-state index contributed by atoms with van der Waals surface area (Å²) in [5.74, 6) is 0.699. The van der Waals surface area contributed by atoms with Gasteiger partial charge in [0.1, 0.15) is 0 Å². The first kappa shape index (κ1) is 18.7. The van der Waals surface area contributed by atoms with E-state index in [1.54, 1.807) is 42.5 Å². The molecule has 148 valence electrons. The number of para-hydroxylation sites is 1. The first-order valence-electron chi connectivity index (χ1n) is 8.89. The first-order chi connectivity index (χ1) is 13.6. The fraction of sp³-hybridized carbons (Fsp3) is 0.316. The number of nitrogens with one attached hydrogen (secondary N) is 1. The van der Waals surface area contributed by atoms with E-state index in [1.807, 2.05) is 0 Å². The van der Waals surface area contributed by atoms with Crippen LogP contribution >= 0.6 is 0 Å². The van der Waals surface area contributed by atoms with Gasteiger partial charge in [0.2, 0.25) is 16.8 Å². The molecule has 8 nitrogen and oxygen atoms in total. The van der Waals surface area contributed by atoms with Gasteiger partial charge in [0, 0.05) is 19.6 Å². The number of rotatable bonds is 5. The van der Waals surface area contributed by atoms with Crippen LogP contribution in [0.1, 0.15) is 15.9 Å². The number of ether oxygens (including phenoxy) is 3. The maximum absolute atomic E-state index is 12.6. The molecule has 1 amide bonds. The second kappa shape index (κ2) is 7.78. The Bertz CT molecular complexity index is 968. The van der Waals surface area contributed by atoms with E-state index in [4.69, 9.17) is 14.2 Å². The summed E-state index contributed by atoms with van der Waals surface area (Å²) in [7, 11) is -3.52. The summed E-state index contributed by atoms with van der Waals surface area (Å²) in [4.78, 5) is 12.7. The van der Waals surface area contributed by atoms with Gasteiger partial charge in [0.15, 0.2) is 11.5 Å². The standard InChI is InChI=1S/C19H20N2O6S/c22-19(16-2-1-3-17-18(16)27-13-26-17)20-12-14-4-6-15(7-5-14)28(23,24)21-8-10-25-11-9-21/h1-7H,8-13H2,(H,20,22). The topological polar surface area (TPSA) is 94.2 Å². The molecule has 0 aromatic heterocycles. The number of hydrogen-bond donors (Lipinski definition) is 1. The van der Waals surface area contributed by atoms with Crippen LogP contribution in [0, 0.1) is 0 Å². The molecule has 28 heavy (non-hydrogen) atoms. The third-order valence-electron chi connectivity index (χ3n) is 4.63. The molecule has 2 aliphatic rings. The minimum atomic E-state index is -3.52. The summed E-state index contributed by atoms with van der Waals surface area (Å²) in [6.07, 6.45) is 0. The molecule has 2 aliphatic heterocycles. The number of nitrogens with zero attached hydrogens (tertiary/aromatic N) is 1. The van der Waals surface area contributed by atoms with Crippen molar-refractivity contribution in [1.29, 1.82) is 0 Å². The van der Waals surface area contributed by atoms with Gasteiger partial charge in [-0.05, 0) is 29.8 Å². The molecule has 1 N–H and O–H groups in total. The van der Waals surface area contributed by atoms with Crippen LogP contribution in [0.5, 0.6) is 11.5 Å². The molecule has 4 rings (SSSR count). The zero-order chi connectivity index (χ0) is 19.6. The molecule has 2 aromatic rings. The minimum absolute atomic E-state index is 0.0959. The van der Waals surface area contributed by atoms with Crippen molar-refractivity contribution in [2.75, 3.05) is 33.1 Å². The molecular formula is C19H20N2O6S. The average Bonchev–Trinajstić information content (AvgIpc) is 3.22. The number of morpholine rings is 1. The summed E-state index contributed by atoms with van der Waals surface area (Å²) in [6, 6.07) is 11.7. The van der Waals surface area contributed by atoms with Crippen molar-refractivity contribution in [3.05, 3.63) is 53.6 Å². The molecule has 2 heterocycles. The van der Waals surface area contributed by atoms with Crippen LogP contribution in [0.3, 0.4) is 0 Å². The zero-order valence-electron chi connectivity index (χ0n) is 15.1. The van der Waals surface area contributed by atoms with E-state index in [9.17, 15) is 13.2 Å². The highest BCUT2D eigenvalue weighted by Crippen LogP contribution is 2.35. The van der Waals surface area contributed by atoms with E-state index in [0.29, 0.717) is 43.4 Å². The van der Waals surface area contributed by atoms with E-state index in [2.05, 4.69) is 5.32 Å². The van der Waals surface area contributed by atoms with Crippen molar-refractivity contribution in [1.82, 2.24) is 9.62 Å². The summed E-state index contributed by atoms with van der Waals surface area (Å²) in [5, 5.41) is 2.82. The van der Waals surface area contributed by atoms with Gasteiger partial charge in [-0.3, -0.25) is 4.79 Å². The summed E-state index contributed by atoms with van der Waals surface area (Å²) >= 11 is 0. The molecule has 9 heteroatoms. The SMILES string of the molecule is O=C(NCc1ccc(S(=O)(=O)N2CCOCC2)cc1)c1cccc2c1OCO2. The van der Waals surface area contributed by atoms with Gasteiger partial charge in [-0.15, -0.1) is 0 Å². The quantitative estimate of drug-likeness (QED) is 0.809. The molecule has 0 aliphatic carbocycles. The van der Waals surface area contributed by atoms with Crippen molar-refractivity contribution < 1.29 is 27.4 Å². The molecule has 0 radical (unpaired) electrons. The van der Waals surface area contributed by atoms with Gasteiger partial charge in [-0.25, -0.2) is 8.42 Å². The number of sulfonamides is 1. The predicted octanol–water partition coefficient (Wildman–Crippen LogP) is 1.37. The third-order valence-corrected chi connectivity index (χ3v) is 6.54. The monoisotopic (exact) mass is 404 g/mol. The molecule has 0 atom stereocenters. The van der Waals surface area contributed by atoms with Gasteiger partial charge < -0.3 is 19.5 Å². The Kier molecular flexibility index (Phi) is 5.21. The van der Waals surface area contributed by atoms with Gasteiger partial charge >= 0.3 is 0 Å². The molecule has 0 spiro atoms. The summed E-state index contributed by atoms with van der Waals surface area (Å²) in [6.45, 7) is 1.88. The number of amides is 1. The second-order valence-electron chi connectivity index (χ2n) is 6.38. The molecule has 1 saturated heterocycles. The van der Waals surface area contributed by atoms with Crippen LogP contribution in [-0.2, 0) is 21.3 Å². The van der Waals surface area contributed by atoms with Crippen molar-refractivity contribution >= 4 is 15.9 Å². The molecule has 0 saturated carbocycles. The smallest absolute Gasteiger partial charge is 0.255 e. The van der Waals surface area contributed by atoms with E-state index in [-0.39, 0.29) is 24.1 Å². The largest absolute Gasteiger partial charge is 0.454 e. The normalized spacial score (nSPS) is 16.7. The minimum Gasteiger partial charge on any atom is -0.454 e. The lowest BCUT2D eigenvalue weighted by Crippen LogP contribution is -2.40. The average molecular weight is 404 g/mol. The van der Waals surface area contributed by atoms with Gasteiger partial charge in [-0.2, -0.15) is 4.31 Å².